The molecular weight excluding hydrogens is 180 g/mol. The van der Waals surface area contributed by atoms with E-state index in [1.54, 1.807) is 0 Å². The van der Waals surface area contributed by atoms with Gasteiger partial charge in [0.2, 0.25) is 0 Å². The van der Waals surface area contributed by atoms with E-state index < -0.39 is 11.5 Å². The highest BCUT2D eigenvalue weighted by Crippen LogP contribution is 2.42. The van der Waals surface area contributed by atoms with Crippen LogP contribution in [0.15, 0.2) is 24.3 Å². The van der Waals surface area contributed by atoms with Gasteiger partial charge in [-0.3, -0.25) is 5.26 Å². The molecule has 3 nitrogen and oxygen atoms in total. The molecule has 0 amide bonds. The molecule has 0 aromatic rings. The Bertz CT molecular complexity index is 245. The van der Waals surface area contributed by atoms with Crippen molar-refractivity contribution >= 4 is 0 Å². The predicted molar refractivity (Wildman–Crippen MR) is 54.8 cm³/mol. The Kier molecular flexibility index (Phi) is 3.48. The van der Waals surface area contributed by atoms with Crippen LogP contribution >= 0.6 is 0 Å². The maximum Gasteiger partial charge on any atom is 0.118 e. The lowest BCUT2D eigenvalue weighted by Crippen LogP contribution is -2.39. The van der Waals surface area contributed by atoms with Gasteiger partial charge in [-0.15, -0.1) is 0 Å². The second kappa shape index (κ2) is 4.26. The normalized spacial score (nSPS) is 32.6. The summed E-state index contributed by atoms with van der Waals surface area (Å²) in [6.45, 7) is 7.95. The average molecular weight is 198 g/mol. The molecule has 0 bridgehead atoms. The second-order valence-electron chi connectivity index (χ2n) is 4.11. The van der Waals surface area contributed by atoms with Gasteiger partial charge in [0.15, 0.2) is 0 Å². The van der Waals surface area contributed by atoms with E-state index in [0.717, 1.165) is 5.57 Å². The standard InChI is InChI=1S/C11H18O3/c1-8(2)11(7-12)6-4-5-10(14-13)9(11)3/h4,6,8,10,12-13H,3,5,7H2,1-2H3/t10-,11-/m1/s1. The first-order chi connectivity index (χ1) is 6.58. The number of aliphatic hydroxyl groups excluding tert-OH is 1. The van der Waals surface area contributed by atoms with Crippen LogP contribution in [0.1, 0.15) is 20.3 Å². The highest BCUT2D eigenvalue weighted by atomic mass is 17.1. The van der Waals surface area contributed by atoms with Gasteiger partial charge in [-0.2, -0.15) is 0 Å². The summed E-state index contributed by atoms with van der Waals surface area (Å²) in [6, 6.07) is 0. The van der Waals surface area contributed by atoms with E-state index in [1.165, 1.54) is 0 Å². The first-order valence-electron chi connectivity index (χ1n) is 4.86. The third-order valence-corrected chi connectivity index (χ3v) is 3.17. The summed E-state index contributed by atoms with van der Waals surface area (Å²) in [6.07, 6.45) is 4.11. The van der Waals surface area contributed by atoms with Crippen molar-refractivity contribution in [2.75, 3.05) is 6.61 Å². The van der Waals surface area contributed by atoms with Crippen molar-refractivity contribution in [3.8, 4) is 0 Å². The predicted octanol–water partition coefficient (Wildman–Crippen LogP) is 2.00. The van der Waals surface area contributed by atoms with Crippen molar-refractivity contribution in [2.45, 2.75) is 26.4 Å². The fourth-order valence-electron chi connectivity index (χ4n) is 1.96. The zero-order valence-electron chi connectivity index (χ0n) is 8.73. The summed E-state index contributed by atoms with van der Waals surface area (Å²) in [4.78, 5) is 4.35. The fraction of sp³-hybridized carbons (Fsp3) is 0.636. The summed E-state index contributed by atoms with van der Waals surface area (Å²) in [5.74, 6) is 0.231. The fourth-order valence-corrected chi connectivity index (χ4v) is 1.96. The number of hydrogen-bond acceptors (Lipinski definition) is 3. The summed E-state index contributed by atoms with van der Waals surface area (Å²) < 4.78 is 0. The Morgan fingerprint density at radius 1 is 1.71 bits per heavy atom. The van der Waals surface area contributed by atoms with Crippen LogP contribution in [0.3, 0.4) is 0 Å². The SMILES string of the molecule is C=C1[C@H](OO)CC=C[C@@]1(CO)C(C)C. The third kappa shape index (κ3) is 1.63. The van der Waals surface area contributed by atoms with Gasteiger partial charge in [0.05, 0.1) is 6.61 Å². The molecule has 0 radical (unpaired) electrons. The minimum atomic E-state index is -0.453. The van der Waals surface area contributed by atoms with Crippen LogP contribution in [0.2, 0.25) is 0 Å². The average Bonchev–Trinajstić information content (AvgIpc) is 2.18. The molecule has 1 aliphatic rings. The smallest absolute Gasteiger partial charge is 0.118 e. The van der Waals surface area contributed by atoms with Crippen molar-refractivity contribution < 1.29 is 15.3 Å². The summed E-state index contributed by atoms with van der Waals surface area (Å²) in [7, 11) is 0. The summed E-state index contributed by atoms with van der Waals surface area (Å²) in [5.41, 5.74) is 0.297. The van der Waals surface area contributed by atoms with E-state index in [1.807, 2.05) is 26.0 Å². The van der Waals surface area contributed by atoms with E-state index >= 15 is 0 Å². The van der Waals surface area contributed by atoms with Gasteiger partial charge in [0.1, 0.15) is 6.10 Å². The summed E-state index contributed by atoms with van der Waals surface area (Å²) >= 11 is 0. The van der Waals surface area contributed by atoms with Crippen molar-refractivity contribution in [2.24, 2.45) is 11.3 Å². The zero-order valence-corrected chi connectivity index (χ0v) is 8.73. The van der Waals surface area contributed by atoms with Crippen LogP contribution in [0, 0.1) is 11.3 Å². The van der Waals surface area contributed by atoms with Gasteiger partial charge in [0.25, 0.3) is 0 Å². The zero-order chi connectivity index (χ0) is 10.8. The molecule has 0 heterocycles. The van der Waals surface area contributed by atoms with E-state index in [2.05, 4.69) is 11.5 Å². The minimum Gasteiger partial charge on any atom is -0.395 e. The van der Waals surface area contributed by atoms with Gasteiger partial charge >= 0.3 is 0 Å². The molecule has 0 unspecified atom stereocenters. The molecule has 1 rings (SSSR count). The molecule has 0 saturated heterocycles. The third-order valence-electron chi connectivity index (χ3n) is 3.17. The quantitative estimate of drug-likeness (QED) is 0.414. The van der Waals surface area contributed by atoms with E-state index in [9.17, 15) is 5.11 Å². The van der Waals surface area contributed by atoms with Gasteiger partial charge in [0, 0.05) is 5.41 Å². The molecule has 0 aliphatic heterocycles. The molecule has 2 N–H and O–H groups in total. The van der Waals surface area contributed by atoms with Crippen LogP contribution in [-0.2, 0) is 4.89 Å². The highest BCUT2D eigenvalue weighted by Gasteiger charge is 2.39. The molecule has 0 aromatic heterocycles. The topological polar surface area (TPSA) is 49.7 Å². The van der Waals surface area contributed by atoms with Crippen molar-refractivity contribution in [3.05, 3.63) is 24.3 Å². The largest absolute Gasteiger partial charge is 0.395 e. The van der Waals surface area contributed by atoms with Crippen molar-refractivity contribution in [1.82, 2.24) is 0 Å². The molecule has 0 saturated carbocycles. The summed E-state index contributed by atoms with van der Waals surface area (Å²) in [5, 5.41) is 18.1. The Labute approximate surface area is 84.6 Å². The number of hydrogen-bond donors (Lipinski definition) is 2. The van der Waals surface area contributed by atoms with E-state index in [-0.39, 0.29) is 12.5 Å². The molecule has 0 spiro atoms. The molecule has 0 aromatic carbocycles. The molecule has 0 fully saturated rings. The first-order valence-corrected chi connectivity index (χ1v) is 4.86. The molecule has 3 heteroatoms. The van der Waals surface area contributed by atoms with Crippen molar-refractivity contribution in [3.63, 3.8) is 0 Å². The number of rotatable bonds is 3. The number of aliphatic hydroxyl groups is 1. The van der Waals surface area contributed by atoms with E-state index in [4.69, 9.17) is 5.26 Å². The van der Waals surface area contributed by atoms with E-state index in [0.29, 0.717) is 6.42 Å². The molecule has 80 valence electrons. The van der Waals surface area contributed by atoms with Gasteiger partial charge in [-0.1, -0.05) is 32.6 Å². The van der Waals surface area contributed by atoms with Crippen LogP contribution in [0.25, 0.3) is 0 Å². The molecular formula is C11H18O3. The molecule has 2 atom stereocenters. The highest BCUT2D eigenvalue weighted by molar-refractivity contribution is 5.29. The Hall–Kier alpha value is -0.640. The maximum atomic E-state index is 9.45. The van der Waals surface area contributed by atoms with Gasteiger partial charge in [-0.05, 0) is 17.9 Å². The lowest BCUT2D eigenvalue weighted by atomic mass is 9.67. The second-order valence-corrected chi connectivity index (χ2v) is 4.11. The maximum absolute atomic E-state index is 9.45. The van der Waals surface area contributed by atoms with Crippen LogP contribution in [0.5, 0.6) is 0 Å². The molecule has 1 aliphatic carbocycles. The lowest BCUT2D eigenvalue weighted by molar-refractivity contribution is -0.271. The van der Waals surface area contributed by atoms with Gasteiger partial charge in [-0.25, -0.2) is 4.89 Å². The van der Waals surface area contributed by atoms with Crippen molar-refractivity contribution in [1.29, 1.82) is 0 Å². The Morgan fingerprint density at radius 2 is 2.36 bits per heavy atom. The van der Waals surface area contributed by atoms with Gasteiger partial charge < -0.3 is 5.11 Å². The van der Waals surface area contributed by atoms with Crippen LogP contribution in [-0.4, -0.2) is 23.1 Å². The Balaban J connectivity index is 3.01. The lowest BCUT2D eigenvalue weighted by Gasteiger charge is -2.40. The molecule has 14 heavy (non-hydrogen) atoms. The van der Waals surface area contributed by atoms with Crippen LogP contribution in [0.4, 0.5) is 0 Å². The minimum absolute atomic E-state index is 0.000139. The monoisotopic (exact) mass is 198 g/mol. The van der Waals surface area contributed by atoms with Crippen LogP contribution < -0.4 is 0 Å². The first kappa shape index (κ1) is 11.4. The Morgan fingerprint density at radius 3 is 2.79 bits per heavy atom.